The highest BCUT2D eigenvalue weighted by Gasteiger charge is 2.29. The highest BCUT2D eigenvalue weighted by atomic mass is 32.2. The zero-order valence-corrected chi connectivity index (χ0v) is 21.7. The predicted octanol–water partition coefficient (Wildman–Crippen LogP) is 4.38. The van der Waals surface area contributed by atoms with Crippen LogP contribution in [0.2, 0.25) is 0 Å². The van der Waals surface area contributed by atoms with E-state index in [1.807, 2.05) is 31.2 Å². The zero-order valence-electron chi connectivity index (χ0n) is 20.8. The minimum absolute atomic E-state index is 0.0598. The second-order valence-electron chi connectivity index (χ2n) is 8.57. The molecule has 3 rings (SSSR count). The van der Waals surface area contributed by atoms with Crippen LogP contribution in [0.15, 0.2) is 82.8 Å². The Labute approximate surface area is 212 Å². The summed E-state index contributed by atoms with van der Waals surface area (Å²) in [4.78, 5) is 12.9. The lowest BCUT2D eigenvalue weighted by Gasteiger charge is -2.25. The largest absolute Gasteiger partial charge is 0.495 e. The van der Waals surface area contributed by atoms with E-state index in [0.717, 1.165) is 21.2 Å². The van der Waals surface area contributed by atoms with Crippen LogP contribution >= 0.6 is 0 Å². The third-order valence-corrected chi connectivity index (χ3v) is 6.86. The average Bonchev–Trinajstić information content (AvgIpc) is 2.87. The van der Waals surface area contributed by atoms with Crippen molar-refractivity contribution in [1.82, 2.24) is 5.43 Å². The summed E-state index contributed by atoms with van der Waals surface area (Å²) in [6, 6.07) is 20.4. The summed E-state index contributed by atoms with van der Waals surface area (Å²) in [7, 11) is -2.62. The minimum Gasteiger partial charge on any atom is -0.495 e. The normalized spacial score (nSPS) is 11.5. The Bertz CT molecular complexity index is 1290. The number of rotatable bonds is 11. The van der Waals surface area contributed by atoms with Crippen LogP contribution in [0.3, 0.4) is 0 Å². The van der Waals surface area contributed by atoms with Gasteiger partial charge in [-0.25, -0.2) is 13.8 Å². The Morgan fingerprint density at radius 1 is 1.06 bits per heavy atom. The second-order valence-corrected chi connectivity index (χ2v) is 10.4. The Kier molecular flexibility index (Phi) is 9.08. The monoisotopic (exact) mass is 509 g/mol. The van der Waals surface area contributed by atoms with Crippen molar-refractivity contribution in [2.45, 2.75) is 25.7 Å². The lowest BCUT2D eigenvalue weighted by Crippen LogP contribution is -2.39. The van der Waals surface area contributed by atoms with Crippen molar-refractivity contribution >= 4 is 27.8 Å². The van der Waals surface area contributed by atoms with Crippen molar-refractivity contribution in [2.75, 3.05) is 24.6 Å². The van der Waals surface area contributed by atoms with Gasteiger partial charge in [0.25, 0.3) is 15.9 Å². The smallest absolute Gasteiger partial charge is 0.264 e. The molecule has 3 aromatic carbocycles. The fraction of sp³-hybridized carbons (Fsp3) is 0.259. The van der Waals surface area contributed by atoms with Crippen molar-refractivity contribution in [3.63, 3.8) is 0 Å². The summed E-state index contributed by atoms with van der Waals surface area (Å²) in [5.74, 6) is 0.896. The molecule has 0 unspecified atom stereocenters. The van der Waals surface area contributed by atoms with Crippen LogP contribution < -0.4 is 19.2 Å². The molecule has 0 saturated heterocycles. The van der Waals surface area contributed by atoms with Gasteiger partial charge < -0.3 is 9.47 Å². The molecule has 0 aliphatic carbocycles. The standard InChI is InChI=1S/C27H31N3O5S/c1-20(2)19-35-23-13-11-22(12-14-23)17-28-29-27(31)18-30(25-16-21(3)10-15-26(25)34-4)36(32,33)24-8-6-5-7-9-24/h5-17,20H,18-19H2,1-4H3,(H,29,31)/b28-17-. The summed E-state index contributed by atoms with van der Waals surface area (Å²) in [6.07, 6.45) is 1.48. The number of benzene rings is 3. The van der Waals surface area contributed by atoms with E-state index in [0.29, 0.717) is 18.3 Å². The summed E-state index contributed by atoms with van der Waals surface area (Å²) in [5, 5.41) is 3.99. The van der Waals surface area contributed by atoms with Crippen molar-refractivity contribution in [1.29, 1.82) is 0 Å². The van der Waals surface area contributed by atoms with Crippen LogP contribution in [-0.2, 0) is 14.8 Å². The lowest BCUT2D eigenvalue weighted by molar-refractivity contribution is -0.119. The minimum atomic E-state index is -4.07. The maximum Gasteiger partial charge on any atom is 0.264 e. The number of hydrazone groups is 1. The average molecular weight is 510 g/mol. The van der Waals surface area contributed by atoms with Crippen LogP contribution in [0.4, 0.5) is 5.69 Å². The van der Waals surface area contributed by atoms with E-state index in [9.17, 15) is 13.2 Å². The van der Waals surface area contributed by atoms with E-state index in [1.165, 1.54) is 25.5 Å². The third-order valence-electron chi connectivity index (χ3n) is 5.09. The number of amides is 1. The molecule has 0 heterocycles. The molecule has 8 nitrogen and oxygen atoms in total. The first-order valence-electron chi connectivity index (χ1n) is 11.5. The van der Waals surface area contributed by atoms with Gasteiger partial charge in [0.15, 0.2) is 0 Å². The lowest BCUT2D eigenvalue weighted by atomic mass is 10.2. The Hall–Kier alpha value is -3.85. The number of carbonyl (C=O) groups excluding carboxylic acids is 1. The molecular weight excluding hydrogens is 478 g/mol. The Balaban J connectivity index is 1.78. The van der Waals surface area contributed by atoms with Gasteiger partial charge in [0, 0.05) is 0 Å². The van der Waals surface area contributed by atoms with Crippen LogP contribution in [0.5, 0.6) is 11.5 Å². The van der Waals surface area contributed by atoms with E-state index in [-0.39, 0.29) is 10.6 Å². The summed E-state index contributed by atoms with van der Waals surface area (Å²) in [5.41, 5.74) is 4.24. The molecule has 0 aromatic heterocycles. The van der Waals surface area contributed by atoms with Crippen molar-refractivity contribution in [2.24, 2.45) is 11.0 Å². The molecule has 36 heavy (non-hydrogen) atoms. The van der Waals surface area contributed by atoms with Crippen LogP contribution in [0.1, 0.15) is 25.0 Å². The molecule has 190 valence electrons. The molecule has 1 amide bonds. The number of hydrogen-bond acceptors (Lipinski definition) is 6. The zero-order chi connectivity index (χ0) is 26.1. The van der Waals surface area contributed by atoms with Gasteiger partial charge in [0.1, 0.15) is 18.0 Å². The molecule has 0 fully saturated rings. The van der Waals surface area contributed by atoms with Gasteiger partial charge in [0.05, 0.1) is 30.5 Å². The number of anilines is 1. The van der Waals surface area contributed by atoms with Crippen LogP contribution in [-0.4, -0.2) is 40.8 Å². The SMILES string of the molecule is COc1ccc(C)cc1N(CC(=O)N/N=C\c1ccc(OCC(C)C)cc1)S(=O)(=O)c1ccccc1. The van der Waals surface area contributed by atoms with Gasteiger partial charge in [0.2, 0.25) is 0 Å². The van der Waals surface area contributed by atoms with Gasteiger partial charge in [-0.05, 0) is 72.5 Å². The predicted molar refractivity (Wildman–Crippen MR) is 141 cm³/mol. The highest BCUT2D eigenvalue weighted by Crippen LogP contribution is 2.33. The van der Waals surface area contributed by atoms with E-state index in [1.54, 1.807) is 36.4 Å². The molecule has 0 aliphatic rings. The van der Waals surface area contributed by atoms with Gasteiger partial charge >= 0.3 is 0 Å². The second kappa shape index (κ2) is 12.2. The quantitative estimate of drug-likeness (QED) is 0.306. The van der Waals surface area contributed by atoms with E-state index in [4.69, 9.17) is 9.47 Å². The topological polar surface area (TPSA) is 97.3 Å². The van der Waals surface area contributed by atoms with E-state index < -0.39 is 22.5 Å². The Morgan fingerprint density at radius 3 is 2.39 bits per heavy atom. The first-order valence-corrected chi connectivity index (χ1v) is 12.9. The van der Waals surface area contributed by atoms with Crippen LogP contribution in [0, 0.1) is 12.8 Å². The number of sulfonamides is 1. The first kappa shape index (κ1) is 26.7. The van der Waals surface area contributed by atoms with Crippen molar-refractivity contribution < 1.29 is 22.7 Å². The van der Waals surface area contributed by atoms with Crippen molar-refractivity contribution in [3.05, 3.63) is 83.9 Å². The number of aryl methyl sites for hydroxylation is 1. The fourth-order valence-corrected chi connectivity index (χ4v) is 4.72. The number of methoxy groups -OCH3 is 1. The molecule has 0 spiro atoms. The fourth-order valence-electron chi connectivity index (χ4n) is 3.27. The van der Waals surface area contributed by atoms with Gasteiger partial charge in [-0.1, -0.05) is 38.1 Å². The van der Waals surface area contributed by atoms with Gasteiger partial charge in [-0.2, -0.15) is 5.10 Å². The highest BCUT2D eigenvalue weighted by molar-refractivity contribution is 7.92. The molecule has 0 bridgehead atoms. The first-order chi connectivity index (χ1) is 17.2. The molecule has 1 N–H and O–H groups in total. The molecule has 0 aliphatic heterocycles. The summed E-state index contributed by atoms with van der Waals surface area (Å²) >= 11 is 0. The number of ether oxygens (including phenoxy) is 2. The molecule has 3 aromatic rings. The van der Waals surface area contributed by atoms with E-state index >= 15 is 0 Å². The number of hydrogen-bond donors (Lipinski definition) is 1. The number of nitrogens with zero attached hydrogens (tertiary/aromatic N) is 2. The number of nitrogens with one attached hydrogen (secondary N) is 1. The summed E-state index contributed by atoms with van der Waals surface area (Å²) in [6.45, 7) is 6.11. The number of carbonyl (C=O) groups is 1. The van der Waals surface area contributed by atoms with Crippen LogP contribution in [0.25, 0.3) is 0 Å². The third kappa shape index (κ3) is 7.08. The maximum atomic E-state index is 13.5. The maximum absolute atomic E-state index is 13.5. The molecule has 0 saturated carbocycles. The van der Waals surface area contributed by atoms with E-state index in [2.05, 4.69) is 24.4 Å². The molecular formula is C27H31N3O5S. The Morgan fingerprint density at radius 2 is 1.75 bits per heavy atom. The van der Waals surface area contributed by atoms with Gasteiger partial charge in [-0.15, -0.1) is 0 Å². The molecule has 9 heteroatoms. The van der Waals surface area contributed by atoms with Gasteiger partial charge in [-0.3, -0.25) is 9.10 Å². The molecule has 0 atom stereocenters. The van der Waals surface area contributed by atoms with Crippen molar-refractivity contribution in [3.8, 4) is 11.5 Å². The molecule has 0 radical (unpaired) electrons. The summed E-state index contributed by atoms with van der Waals surface area (Å²) < 4.78 is 39.1.